The molecule has 0 radical (unpaired) electrons. The second-order valence-corrected chi connectivity index (χ2v) is 3.23. The molecule has 0 amide bonds. The molecule has 0 saturated carbocycles. The quantitative estimate of drug-likeness (QED) is 0.615. The van der Waals surface area contributed by atoms with Gasteiger partial charge < -0.3 is 15.6 Å². The summed E-state index contributed by atoms with van der Waals surface area (Å²) in [4.78, 5) is 0. The molecular weight excluding hydrogens is 142 g/mol. The van der Waals surface area contributed by atoms with Gasteiger partial charge in [-0.1, -0.05) is 0 Å². The van der Waals surface area contributed by atoms with E-state index < -0.39 is 0 Å². The van der Waals surface area contributed by atoms with Crippen LogP contribution in [0.15, 0.2) is 0 Å². The zero-order valence-corrected chi connectivity index (χ0v) is 6.83. The molecule has 3 heteroatoms. The molecule has 66 valence electrons. The van der Waals surface area contributed by atoms with Gasteiger partial charge in [-0.3, -0.25) is 0 Å². The van der Waals surface area contributed by atoms with Crippen molar-refractivity contribution >= 4 is 0 Å². The molecule has 0 spiro atoms. The molecule has 0 aromatic carbocycles. The van der Waals surface area contributed by atoms with Gasteiger partial charge in [0.15, 0.2) is 0 Å². The van der Waals surface area contributed by atoms with Crippen LogP contribution in [0.2, 0.25) is 0 Å². The minimum atomic E-state index is -0.0295. The van der Waals surface area contributed by atoms with Crippen LogP contribution >= 0.6 is 0 Å². The Kier molecular flexibility index (Phi) is 3.83. The molecule has 1 fully saturated rings. The molecule has 3 nitrogen and oxygen atoms in total. The van der Waals surface area contributed by atoms with Gasteiger partial charge in [-0.25, -0.2) is 0 Å². The van der Waals surface area contributed by atoms with E-state index >= 15 is 0 Å². The summed E-state index contributed by atoms with van der Waals surface area (Å²) in [6.45, 7) is 1.84. The van der Waals surface area contributed by atoms with Gasteiger partial charge in [0.1, 0.15) is 0 Å². The van der Waals surface area contributed by atoms with Crippen molar-refractivity contribution in [3.05, 3.63) is 0 Å². The highest BCUT2D eigenvalue weighted by Crippen LogP contribution is 2.19. The normalized spacial score (nSPS) is 23.5. The second-order valence-electron chi connectivity index (χ2n) is 3.23. The molecular formula is C8H17NO2. The van der Waals surface area contributed by atoms with Crippen LogP contribution in [0, 0.1) is 5.92 Å². The largest absolute Gasteiger partial charge is 0.395 e. The van der Waals surface area contributed by atoms with Crippen molar-refractivity contribution in [1.29, 1.82) is 0 Å². The van der Waals surface area contributed by atoms with Crippen molar-refractivity contribution in [3.63, 3.8) is 0 Å². The summed E-state index contributed by atoms with van der Waals surface area (Å²) in [5.41, 5.74) is 5.61. The SMILES string of the molecule is N[C@H](CO)CC1CCOCC1. The number of rotatable bonds is 3. The van der Waals surface area contributed by atoms with Crippen molar-refractivity contribution in [2.45, 2.75) is 25.3 Å². The van der Waals surface area contributed by atoms with Crippen molar-refractivity contribution in [2.24, 2.45) is 11.7 Å². The van der Waals surface area contributed by atoms with Crippen LogP contribution in [0.4, 0.5) is 0 Å². The Morgan fingerprint density at radius 3 is 2.64 bits per heavy atom. The van der Waals surface area contributed by atoms with Crippen LogP contribution in [0.25, 0.3) is 0 Å². The molecule has 11 heavy (non-hydrogen) atoms. The van der Waals surface area contributed by atoms with Gasteiger partial charge in [0, 0.05) is 19.3 Å². The van der Waals surface area contributed by atoms with Gasteiger partial charge in [0.05, 0.1) is 6.61 Å². The lowest BCUT2D eigenvalue weighted by atomic mass is 9.93. The highest BCUT2D eigenvalue weighted by atomic mass is 16.5. The van der Waals surface area contributed by atoms with Crippen molar-refractivity contribution in [1.82, 2.24) is 0 Å². The molecule has 3 N–H and O–H groups in total. The van der Waals surface area contributed by atoms with Crippen LogP contribution < -0.4 is 5.73 Å². The van der Waals surface area contributed by atoms with E-state index in [4.69, 9.17) is 15.6 Å². The monoisotopic (exact) mass is 159 g/mol. The molecule has 1 aliphatic rings. The van der Waals surface area contributed by atoms with Gasteiger partial charge >= 0.3 is 0 Å². The Bertz CT molecular complexity index is 102. The summed E-state index contributed by atoms with van der Waals surface area (Å²) < 4.78 is 5.21. The number of hydrogen-bond acceptors (Lipinski definition) is 3. The van der Waals surface area contributed by atoms with E-state index in [1.165, 1.54) is 0 Å². The topological polar surface area (TPSA) is 55.5 Å². The minimum absolute atomic E-state index is 0.0295. The maximum atomic E-state index is 8.71. The molecule has 0 bridgehead atoms. The number of ether oxygens (including phenoxy) is 1. The molecule has 1 atom stereocenters. The fourth-order valence-corrected chi connectivity index (χ4v) is 1.48. The number of aliphatic hydroxyl groups is 1. The average Bonchev–Trinajstić information content (AvgIpc) is 2.06. The van der Waals surface area contributed by atoms with E-state index in [0.717, 1.165) is 32.5 Å². The summed E-state index contributed by atoms with van der Waals surface area (Å²) in [6.07, 6.45) is 3.15. The Labute approximate surface area is 67.5 Å². The van der Waals surface area contributed by atoms with Crippen LogP contribution in [-0.4, -0.2) is 31.0 Å². The minimum Gasteiger partial charge on any atom is -0.395 e. The first-order chi connectivity index (χ1) is 5.33. The smallest absolute Gasteiger partial charge is 0.0582 e. The first kappa shape index (κ1) is 8.97. The Morgan fingerprint density at radius 2 is 2.09 bits per heavy atom. The molecule has 1 rings (SSSR count). The van der Waals surface area contributed by atoms with E-state index in [1.807, 2.05) is 0 Å². The highest BCUT2D eigenvalue weighted by Gasteiger charge is 2.16. The average molecular weight is 159 g/mol. The molecule has 0 unspecified atom stereocenters. The van der Waals surface area contributed by atoms with Crippen molar-refractivity contribution < 1.29 is 9.84 Å². The van der Waals surface area contributed by atoms with Crippen LogP contribution in [-0.2, 0) is 4.74 Å². The van der Waals surface area contributed by atoms with Gasteiger partial charge in [0.2, 0.25) is 0 Å². The maximum Gasteiger partial charge on any atom is 0.0582 e. The van der Waals surface area contributed by atoms with E-state index in [2.05, 4.69) is 0 Å². The number of nitrogens with two attached hydrogens (primary N) is 1. The first-order valence-electron chi connectivity index (χ1n) is 4.27. The lowest BCUT2D eigenvalue weighted by Crippen LogP contribution is -2.29. The summed E-state index contributed by atoms with van der Waals surface area (Å²) >= 11 is 0. The van der Waals surface area contributed by atoms with Gasteiger partial charge in [-0.2, -0.15) is 0 Å². The second kappa shape index (κ2) is 4.70. The van der Waals surface area contributed by atoms with Crippen LogP contribution in [0.1, 0.15) is 19.3 Å². The molecule has 1 heterocycles. The molecule has 1 aliphatic heterocycles. The van der Waals surface area contributed by atoms with Crippen LogP contribution in [0.5, 0.6) is 0 Å². The standard InChI is InChI=1S/C8H17NO2/c9-8(6-10)5-7-1-3-11-4-2-7/h7-8,10H,1-6,9H2/t8-/m0/s1. The fourth-order valence-electron chi connectivity index (χ4n) is 1.48. The third-order valence-corrected chi connectivity index (χ3v) is 2.21. The highest BCUT2D eigenvalue weighted by molar-refractivity contribution is 4.69. The lowest BCUT2D eigenvalue weighted by Gasteiger charge is -2.23. The third kappa shape index (κ3) is 3.18. The predicted molar refractivity (Wildman–Crippen MR) is 43.2 cm³/mol. The van der Waals surface area contributed by atoms with Gasteiger partial charge in [0.25, 0.3) is 0 Å². The maximum absolute atomic E-state index is 8.71. The van der Waals surface area contributed by atoms with Crippen LogP contribution in [0.3, 0.4) is 0 Å². The molecule has 0 aromatic heterocycles. The molecule has 0 aromatic rings. The molecule has 0 aliphatic carbocycles. The zero-order chi connectivity index (χ0) is 8.10. The lowest BCUT2D eigenvalue weighted by molar-refractivity contribution is 0.0595. The first-order valence-corrected chi connectivity index (χ1v) is 4.27. The fraction of sp³-hybridized carbons (Fsp3) is 1.00. The zero-order valence-electron chi connectivity index (χ0n) is 6.83. The van der Waals surface area contributed by atoms with Gasteiger partial charge in [-0.15, -0.1) is 0 Å². The predicted octanol–water partition coefficient (Wildman–Crippen LogP) is 0.123. The van der Waals surface area contributed by atoms with E-state index in [1.54, 1.807) is 0 Å². The number of aliphatic hydroxyl groups excluding tert-OH is 1. The third-order valence-electron chi connectivity index (χ3n) is 2.21. The van der Waals surface area contributed by atoms with Crippen molar-refractivity contribution in [2.75, 3.05) is 19.8 Å². The Balaban J connectivity index is 2.13. The Morgan fingerprint density at radius 1 is 1.45 bits per heavy atom. The summed E-state index contributed by atoms with van der Waals surface area (Å²) in [7, 11) is 0. The Hall–Kier alpha value is -0.120. The van der Waals surface area contributed by atoms with Gasteiger partial charge in [-0.05, 0) is 25.2 Å². The van der Waals surface area contributed by atoms with E-state index in [0.29, 0.717) is 5.92 Å². The summed E-state index contributed by atoms with van der Waals surface area (Å²) in [5.74, 6) is 0.672. The van der Waals surface area contributed by atoms with Crippen molar-refractivity contribution in [3.8, 4) is 0 Å². The summed E-state index contributed by atoms with van der Waals surface area (Å²) in [5, 5.41) is 8.71. The number of hydrogen-bond donors (Lipinski definition) is 2. The van der Waals surface area contributed by atoms with E-state index in [9.17, 15) is 0 Å². The molecule has 1 saturated heterocycles. The summed E-state index contributed by atoms with van der Waals surface area (Å²) in [6, 6.07) is -0.0295. The van der Waals surface area contributed by atoms with E-state index in [-0.39, 0.29) is 12.6 Å².